The zero-order valence-electron chi connectivity index (χ0n) is 11.9. The molecule has 1 aliphatic rings. The molecule has 0 aromatic carbocycles. The summed E-state index contributed by atoms with van der Waals surface area (Å²) in [6, 6.07) is 0. The van der Waals surface area contributed by atoms with Gasteiger partial charge in [0, 0.05) is 19.7 Å². The van der Waals surface area contributed by atoms with Crippen LogP contribution < -0.4 is 10.9 Å². The summed E-state index contributed by atoms with van der Waals surface area (Å²) < 4.78 is 7.06. The van der Waals surface area contributed by atoms with E-state index in [1.807, 2.05) is 0 Å². The number of hydrogen-bond acceptors (Lipinski definition) is 4. The summed E-state index contributed by atoms with van der Waals surface area (Å²) in [7, 11) is 0. The molecule has 1 saturated heterocycles. The Morgan fingerprint density at radius 2 is 2.40 bits per heavy atom. The van der Waals surface area contributed by atoms with Crippen molar-refractivity contribution in [3.05, 3.63) is 21.6 Å². The first-order valence-corrected chi connectivity index (χ1v) is 7.71. The second-order valence-electron chi connectivity index (χ2n) is 5.12. The average Bonchev–Trinajstić information content (AvgIpc) is 2.49. The summed E-state index contributed by atoms with van der Waals surface area (Å²) in [6.07, 6.45) is 7.13. The summed E-state index contributed by atoms with van der Waals surface area (Å²) >= 11 is 6.12. The number of aryl methyl sites for hydroxylation is 1. The van der Waals surface area contributed by atoms with Crippen molar-refractivity contribution in [3.63, 3.8) is 0 Å². The van der Waals surface area contributed by atoms with Gasteiger partial charge in [0.1, 0.15) is 5.02 Å². The Bertz CT molecular complexity index is 484. The Morgan fingerprint density at radius 1 is 1.55 bits per heavy atom. The van der Waals surface area contributed by atoms with E-state index < -0.39 is 0 Å². The second-order valence-corrected chi connectivity index (χ2v) is 5.50. The van der Waals surface area contributed by atoms with Crippen molar-refractivity contribution >= 4 is 17.3 Å². The molecule has 1 aromatic heterocycles. The zero-order valence-corrected chi connectivity index (χ0v) is 12.7. The van der Waals surface area contributed by atoms with Gasteiger partial charge in [-0.15, -0.1) is 0 Å². The van der Waals surface area contributed by atoms with Crippen molar-refractivity contribution in [2.24, 2.45) is 0 Å². The molecule has 1 fully saturated rings. The van der Waals surface area contributed by atoms with Crippen LogP contribution in [-0.4, -0.2) is 29.0 Å². The van der Waals surface area contributed by atoms with Gasteiger partial charge in [-0.2, -0.15) is 5.10 Å². The fourth-order valence-corrected chi connectivity index (χ4v) is 2.46. The standard InChI is InChI=1S/C14H22ClN3O2/c1-2-3-7-18-14(19)13(15)12(10-17-18)16-9-11-6-4-5-8-20-11/h10-11,16H,2-9H2,1H3. The molecule has 5 nitrogen and oxygen atoms in total. The number of anilines is 1. The lowest BCUT2D eigenvalue weighted by Crippen LogP contribution is -2.29. The van der Waals surface area contributed by atoms with Crippen molar-refractivity contribution in [2.75, 3.05) is 18.5 Å². The van der Waals surface area contributed by atoms with Crippen molar-refractivity contribution in [2.45, 2.75) is 51.7 Å². The van der Waals surface area contributed by atoms with Gasteiger partial charge in [-0.25, -0.2) is 4.68 Å². The number of hydrogen-bond donors (Lipinski definition) is 1. The fourth-order valence-electron chi connectivity index (χ4n) is 2.25. The number of nitrogens with one attached hydrogen (secondary N) is 1. The number of halogens is 1. The highest BCUT2D eigenvalue weighted by Gasteiger charge is 2.15. The normalized spacial score (nSPS) is 19.0. The molecular formula is C14H22ClN3O2. The van der Waals surface area contributed by atoms with Crippen LogP contribution in [0.25, 0.3) is 0 Å². The SMILES string of the molecule is CCCCn1ncc(NCC2CCCCO2)c(Cl)c1=O. The molecule has 2 heterocycles. The summed E-state index contributed by atoms with van der Waals surface area (Å²) in [5.74, 6) is 0. The van der Waals surface area contributed by atoms with E-state index in [-0.39, 0.29) is 16.7 Å². The molecule has 0 radical (unpaired) electrons. The molecule has 1 unspecified atom stereocenters. The van der Waals surface area contributed by atoms with Crippen LogP contribution in [0.4, 0.5) is 5.69 Å². The lowest BCUT2D eigenvalue weighted by atomic mass is 10.1. The van der Waals surface area contributed by atoms with E-state index in [0.29, 0.717) is 18.8 Å². The first-order chi connectivity index (χ1) is 9.72. The molecule has 112 valence electrons. The van der Waals surface area contributed by atoms with Crippen LogP contribution in [0.15, 0.2) is 11.0 Å². The highest BCUT2D eigenvalue weighted by Crippen LogP contribution is 2.18. The Morgan fingerprint density at radius 3 is 3.10 bits per heavy atom. The monoisotopic (exact) mass is 299 g/mol. The summed E-state index contributed by atoms with van der Waals surface area (Å²) in [5, 5.41) is 7.55. The van der Waals surface area contributed by atoms with Gasteiger partial charge in [0.05, 0.1) is 18.0 Å². The van der Waals surface area contributed by atoms with Crippen LogP contribution in [0, 0.1) is 0 Å². The van der Waals surface area contributed by atoms with Gasteiger partial charge in [0.2, 0.25) is 0 Å². The lowest BCUT2D eigenvalue weighted by Gasteiger charge is -2.23. The Balaban J connectivity index is 1.97. The van der Waals surface area contributed by atoms with E-state index in [1.165, 1.54) is 11.1 Å². The predicted octanol–water partition coefficient (Wildman–Crippen LogP) is 2.68. The highest BCUT2D eigenvalue weighted by atomic mass is 35.5. The number of rotatable bonds is 6. The molecule has 20 heavy (non-hydrogen) atoms. The first kappa shape index (κ1) is 15.3. The Hall–Kier alpha value is -1.07. The maximum absolute atomic E-state index is 12.0. The molecule has 2 rings (SSSR count). The van der Waals surface area contributed by atoms with Crippen LogP contribution in [0.5, 0.6) is 0 Å². The van der Waals surface area contributed by atoms with Crippen LogP contribution >= 0.6 is 11.6 Å². The zero-order chi connectivity index (χ0) is 14.4. The first-order valence-electron chi connectivity index (χ1n) is 7.33. The van der Waals surface area contributed by atoms with Gasteiger partial charge >= 0.3 is 0 Å². The highest BCUT2D eigenvalue weighted by molar-refractivity contribution is 6.32. The van der Waals surface area contributed by atoms with E-state index in [4.69, 9.17) is 16.3 Å². The van der Waals surface area contributed by atoms with Crippen LogP contribution in [0.1, 0.15) is 39.0 Å². The molecule has 0 aliphatic carbocycles. The largest absolute Gasteiger partial charge is 0.380 e. The van der Waals surface area contributed by atoms with Crippen molar-refractivity contribution in [1.29, 1.82) is 0 Å². The smallest absolute Gasteiger partial charge is 0.287 e. The summed E-state index contributed by atoms with van der Waals surface area (Å²) in [4.78, 5) is 12.0. The summed E-state index contributed by atoms with van der Waals surface area (Å²) in [5.41, 5.74) is 0.369. The maximum Gasteiger partial charge on any atom is 0.287 e. The van der Waals surface area contributed by atoms with Crippen LogP contribution in [0.3, 0.4) is 0 Å². The van der Waals surface area contributed by atoms with Gasteiger partial charge in [-0.1, -0.05) is 24.9 Å². The van der Waals surface area contributed by atoms with E-state index in [2.05, 4.69) is 17.3 Å². The Labute approximate surface area is 124 Å². The van der Waals surface area contributed by atoms with Crippen molar-refractivity contribution < 1.29 is 4.74 Å². The minimum absolute atomic E-state index is 0.197. The van der Waals surface area contributed by atoms with Gasteiger partial charge in [-0.05, 0) is 25.7 Å². The third-order valence-electron chi connectivity index (χ3n) is 3.50. The predicted molar refractivity (Wildman–Crippen MR) is 80.5 cm³/mol. The summed E-state index contributed by atoms with van der Waals surface area (Å²) in [6.45, 7) is 4.17. The van der Waals surface area contributed by atoms with E-state index in [0.717, 1.165) is 32.3 Å². The van der Waals surface area contributed by atoms with Gasteiger partial charge in [0.25, 0.3) is 5.56 Å². The van der Waals surface area contributed by atoms with Gasteiger partial charge in [-0.3, -0.25) is 4.79 Å². The lowest BCUT2D eigenvalue weighted by molar-refractivity contribution is 0.0247. The van der Waals surface area contributed by atoms with Gasteiger partial charge in [0.15, 0.2) is 0 Å². The molecule has 0 bridgehead atoms. The molecule has 0 spiro atoms. The third kappa shape index (κ3) is 3.96. The van der Waals surface area contributed by atoms with Crippen molar-refractivity contribution in [1.82, 2.24) is 9.78 Å². The van der Waals surface area contributed by atoms with Crippen LogP contribution in [-0.2, 0) is 11.3 Å². The maximum atomic E-state index is 12.0. The number of unbranched alkanes of at least 4 members (excludes halogenated alkanes) is 1. The Kier molecular flexibility index (Phi) is 5.86. The third-order valence-corrected chi connectivity index (χ3v) is 3.87. The van der Waals surface area contributed by atoms with E-state index in [1.54, 1.807) is 6.20 Å². The topological polar surface area (TPSA) is 56.1 Å². The molecule has 1 atom stereocenters. The number of nitrogens with zero attached hydrogens (tertiary/aromatic N) is 2. The molecule has 1 N–H and O–H groups in total. The second kappa shape index (κ2) is 7.64. The molecule has 0 amide bonds. The molecule has 1 aliphatic heterocycles. The minimum Gasteiger partial charge on any atom is -0.380 e. The fraction of sp³-hybridized carbons (Fsp3) is 0.714. The molecule has 1 aromatic rings. The molecule has 0 saturated carbocycles. The number of ether oxygens (including phenoxy) is 1. The number of aromatic nitrogens is 2. The average molecular weight is 300 g/mol. The van der Waals surface area contributed by atoms with E-state index in [9.17, 15) is 4.79 Å². The molecular weight excluding hydrogens is 278 g/mol. The quantitative estimate of drug-likeness (QED) is 0.877. The minimum atomic E-state index is -0.227. The molecule has 6 heteroatoms. The van der Waals surface area contributed by atoms with Crippen molar-refractivity contribution in [3.8, 4) is 0 Å². The van der Waals surface area contributed by atoms with E-state index >= 15 is 0 Å². The van der Waals surface area contributed by atoms with Crippen LogP contribution in [0.2, 0.25) is 5.02 Å². The van der Waals surface area contributed by atoms with Gasteiger partial charge < -0.3 is 10.1 Å².